The van der Waals surface area contributed by atoms with Crippen molar-refractivity contribution in [1.82, 2.24) is 5.32 Å². The molecule has 1 aromatic carbocycles. The van der Waals surface area contributed by atoms with Gasteiger partial charge in [-0.3, -0.25) is 4.79 Å². The van der Waals surface area contributed by atoms with Crippen LogP contribution in [-0.4, -0.2) is 26.2 Å². The molecule has 2 rings (SSSR count). The zero-order valence-corrected chi connectivity index (χ0v) is 11.0. The second kappa shape index (κ2) is 5.29. The minimum absolute atomic E-state index is 0.106. The second-order valence-corrected chi connectivity index (χ2v) is 4.64. The van der Waals surface area contributed by atoms with Crippen molar-refractivity contribution < 1.29 is 14.3 Å². The molecule has 0 radical (unpaired) electrons. The van der Waals surface area contributed by atoms with Crippen LogP contribution in [0.1, 0.15) is 30.1 Å². The maximum absolute atomic E-state index is 12.2. The Morgan fingerprint density at radius 3 is 2.61 bits per heavy atom. The summed E-state index contributed by atoms with van der Waals surface area (Å²) in [7, 11) is 3.10. The van der Waals surface area contributed by atoms with E-state index in [4.69, 9.17) is 9.47 Å². The van der Waals surface area contributed by atoms with Gasteiger partial charge >= 0.3 is 0 Å². The number of benzene rings is 1. The predicted octanol–water partition coefficient (Wildman–Crippen LogP) is 2.23. The first-order chi connectivity index (χ1) is 8.67. The molecule has 1 unspecified atom stereocenters. The molecular weight excluding hydrogens is 230 g/mol. The molecule has 1 N–H and O–H groups in total. The summed E-state index contributed by atoms with van der Waals surface area (Å²) in [4.78, 5) is 12.2. The van der Waals surface area contributed by atoms with E-state index in [0.29, 0.717) is 23.0 Å². The van der Waals surface area contributed by atoms with Crippen molar-refractivity contribution in [2.45, 2.75) is 25.8 Å². The molecule has 1 fully saturated rings. The number of ether oxygens (including phenoxy) is 2. The topological polar surface area (TPSA) is 47.6 Å². The van der Waals surface area contributed by atoms with E-state index in [1.165, 1.54) is 12.8 Å². The van der Waals surface area contributed by atoms with Gasteiger partial charge in [-0.15, -0.1) is 0 Å². The van der Waals surface area contributed by atoms with Gasteiger partial charge in [0.1, 0.15) is 0 Å². The molecule has 1 aromatic rings. The van der Waals surface area contributed by atoms with Gasteiger partial charge in [-0.05, 0) is 37.8 Å². The third-order valence-electron chi connectivity index (χ3n) is 3.34. The molecule has 1 saturated carbocycles. The molecule has 0 spiro atoms. The Labute approximate surface area is 107 Å². The van der Waals surface area contributed by atoms with E-state index in [1.54, 1.807) is 32.4 Å². The third kappa shape index (κ3) is 2.58. The number of carbonyl (C=O) groups is 1. The first-order valence-corrected chi connectivity index (χ1v) is 6.19. The van der Waals surface area contributed by atoms with Crippen LogP contribution in [0.15, 0.2) is 18.2 Å². The normalized spacial score (nSPS) is 15.9. The molecule has 1 aliphatic carbocycles. The molecule has 18 heavy (non-hydrogen) atoms. The van der Waals surface area contributed by atoms with E-state index in [1.807, 2.05) is 6.92 Å². The predicted molar refractivity (Wildman–Crippen MR) is 69.2 cm³/mol. The van der Waals surface area contributed by atoms with Crippen molar-refractivity contribution in [3.05, 3.63) is 23.8 Å². The van der Waals surface area contributed by atoms with Gasteiger partial charge in [0, 0.05) is 6.04 Å². The number of para-hydroxylation sites is 1. The molecule has 98 valence electrons. The Bertz CT molecular complexity index is 441. The van der Waals surface area contributed by atoms with Crippen molar-refractivity contribution in [2.24, 2.45) is 5.92 Å². The number of carbonyl (C=O) groups excluding carboxylic acids is 1. The summed E-state index contributed by atoms with van der Waals surface area (Å²) >= 11 is 0. The number of hydrogen-bond donors (Lipinski definition) is 1. The maximum Gasteiger partial charge on any atom is 0.255 e. The van der Waals surface area contributed by atoms with E-state index in [-0.39, 0.29) is 11.9 Å². The fraction of sp³-hybridized carbons (Fsp3) is 0.500. The summed E-state index contributed by atoms with van der Waals surface area (Å²) in [5.74, 6) is 1.58. The molecule has 0 bridgehead atoms. The lowest BCUT2D eigenvalue weighted by Crippen LogP contribution is -2.34. The first-order valence-electron chi connectivity index (χ1n) is 6.19. The summed E-state index contributed by atoms with van der Waals surface area (Å²) in [6.45, 7) is 2.04. The minimum Gasteiger partial charge on any atom is -0.493 e. The molecule has 0 saturated heterocycles. The van der Waals surface area contributed by atoms with Crippen molar-refractivity contribution >= 4 is 5.91 Å². The zero-order chi connectivity index (χ0) is 13.1. The number of amides is 1. The molecule has 1 amide bonds. The molecule has 1 atom stereocenters. The largest absolute Gasteiger partial charge is 0.493 e. The first kappa shape index (κ1) is 12.7. The lowest BCUT2D eigenvalue weighted by atomic mass is 10.1. The molecule has 0 aromatic heterocycles. The van der Waals surface area contributed by atoms with E-state index in [9.17, 15) is 4.79 Å². The third-order valence-corrected chi connectivity index (χ3v) is 3.34. The number of hydrogen-bond acceptors (Lipinski definition) is 3. The quantitative estimate of drug-likeness (QED) is 0.870. The van der Waals surface area contributed by atoms with Gasteiger partial charge in [-0.25, -0.2) is 0 Å². The second-order valence-electron chi connectivity index (χ2n) is 4.64. The molecule has 0 heterocycles. The Morgan fingerprint density at radius 1 is 1.33 bits per heavy atom. The Morgan fingerprint density at radius 2 is 2.06 bits per heavy atom. The monoisotopic (exact) mass is 249 g/mol. The van der Waals surface area contributed by atoms with Crippen molar-refractivity contribution in [3.63, 3.8) is 0 Å². The van der Waals surface area contributed by atoms with Gasteiger partial charge in [0.15, 0.2) is 11.5 Å². The van der Waals surface area contributed by atoms with E-state index in [0.717, 1.165) is 0 Å². The molecule has 4 nitrogen and oxygen atoms in total. The summed E-state index contributed by atoms with van der Waals surface area (Å²) in [5.41, 5.74) is 0.518. The smallest absolute Gasteiger partial charge is 0.255 e. The summed E-state index contributed by atoms with van der Waals surface area (Å²) in [6, 6.07) is 5.53. The lowest BCUT2D eigenvalue weighted by Gasteiger charge is -2.16. The van der Waals surface area contributed by atoms with Crippen LogP contribution in [0.4, 0.5) is 0 Å². The average Bonchev–Trinajstić information content (AvgIpc) is 3.21. The zero-order valence-electron chi connectivity index (χ0n) is 11.0. The van der Waals surface area contributed by atoms with Crippen LogP contribution < -0.4 is 14.8 Å². The van der Waals surface area contributed by atoms with Crippen LogP contribution in [0.3, 0.4) is 0 Å². The van der Waals surface area contributed by atoms with Crippen LogP contribution in [0.2, 0.25) is 0 Å². The van der Waals surface area contributed by atoms with Crippen LogP contribution >= 0.6 is 0 Å². The van der Waals surface area contributed by atoms with Gasteiger partial charge in [0.25, 0.3) is 5.91 Å². The Balaban J connectivity index is 2.18. The lowest BCUT2D eigenvalue weighted by molar-refractivity contribution is 0.0932. The van der Waals surface area contributed by atoms with E-state index in [2.05, 4.69) is 5.32 Å². The minimum atomic E-state index is -0.106. The maximum atomic E-state index is 12.2. The van der Waals surface area contributed by atoms with Crippen molar-refractivity contribution in [3.8, 4) is 11.5 Å². The van der Waals surface area contributed by atoms with E-state index < -0.39 is 0 Å². The average molecular weight is 249 g/mol. The highest BCUT2D eigenvalue weighted by Gasteiger charge is 2.29. The molecular formula is C14H19NO3. The Kier molecular flexibility index (Phi) is 3.75. The SMILES string of the molecule is COc1cccc(C(=O)NC(C)C2CC2)c1OC. The summed E-state index contributed by atoms with van der Waals surface area (Å²) in [5, 5.41) is 3.01. The number of methoxy groups -OCH3 is 2. The Hall–Kier alpha value is -1.71. The van der Waals surface area contributed by atoms with Gasteiger partial charge in [0.2, 0.25) is 0 Å². The fourth-order valence-electron chi connectivity index (χ4n) is 2.06. The van der Waals surface area contributed by atoms with Crippen LogP contribution in [0.5, 0.6) is 11.5 Å². The highest BCUT2D eigenvalue weighted by molar-refractivity contribution is 5.98. The van der Waals surface area contributed by atoms with Gasteiger partial charge in [0.05, 0.1) is 19.8 Å². The number of rotatable bonds is 5. The van der Waals surface area contributed by atoms with Gasteiger partial charge < -0.3 is 14.8 Å². The van der Waals surface area contributed by atoms with Crippen LogP contribution in [0, 0.1) is 5.92 Å². The molecule has 1 aliphatic rings. The van der Waals surface area contributed by atoms with Gasteiger partial charge in [-0.1, -0.05) is 6.07 Å². The summed E-state index contributed by atoms with van der Waals surface area (Å²) < 4.78 is 10.4. The van der Waals surface area contributed by atoms with Gasteiger partial charge in [-0.2, -0.15) is 0 Å². The number of nitrogens with one attached hydrogen (secondary N) is 1. The van der Waals surface area contributed by atoms with Crippen LogP contribution in [0.25, 0.3) is 0 Å². The van der Waals surface area contributed by atoms with Crippen molar-refractivity contribution in [1.29, 1.82) is 0 Å². The fourth-order valence-corrected chi connectivity index (χ4v) is 2.06. The highest BCUT2D eigenvalue weighted by Crippen LogP contribution is 2.34. The van der Waals surface area contributed by atoms with Crippen LogP contribution in [-0.2, 0) is 0 Å². The molecule has 0 aliphatic heterocycles. The molecule has 4 heteroatoms. The summed E-state index contributed by atoms with van der Waals surface area (Å²) in [6.07, 6.45) is 2.41. The van der Waals surface area contributed by atoms with E-state index >= 15 is 0 Å². The highest BCUT2D eigenvalue weighted by atomic mass is 16.5. The van der Waals surface area contributed by atoms with Crippen molar-refractivity contribution in [2.75, 3.05) is 14.2 Å². The standard InChI is InChI=1S/C14H19NO3/c1-9(10-7-8-10)15-14(16)11-5-4-6-12(17-2)13(11)18-3/h4-6,9-10H,7-8H2,1-3H3,(H,15,16).